The number of anilines is 1. The molecule has 1 atom stereocenters. The monoisotopic (exact) mass is 367 g/mol. The van der Waals surface area contributed by atoms with E-state index in [1.165, 1.54) is 34.4 Å². The van der Waals surface area contributed by atoms with Crippen molar-refractivity contribution in [2.24, 2.45) is 4.99 Å². The molecule has 1 aromatic heterocycles. The first-order valence-electron chi connectivity index (χ1n) is 9.51. The average molecular weight is 367 g/mol. The van der Waals surface area contributed by atoms with Gasteiger partial charge >= 0.3 is 0 Å². The van der Waals surface area contributed by atoms with Gasteiger partial charge in [0.05, 0.1) is 18.1 Å². The maximum atomic E-state index is 5.91. The van der Waals surface area contributed by atoms with Crippen molar-refractivity contribution >= 4 is 11.5 Å². The van der Waals surface area contributed by atoms with E-state index in [1.54, 1.807) is 13.3 Å². The quantitative estimate of drug-likeness (QED) is 0.606. The van der Waals surface area contributed by atoms with E-state index in [1.807, 2.05) is 33.0 Å². The van der Waals surface area contributed by atoms with Crippen LogP contribution >= 0.6 is 0 Å². The number of fused-ring (bicyclic) bond motifs is 1. The molecule has 5 heteroatoms. The molecule has 0 bridgehead atoms. The molecule has 1 N–H and O–H groups in total. The van der Waals surface area contributed by atoms with E-state index < -0.39 is 0 Å². The third-order valence-electron chi connectivity index (χ3n) is 4.99. The van der Waals surface area contributed by atoms with Gasteiger partial charge in [-0.1, -0.05) is 6.07 Å². The topological polar surface area (TPSA) is 55.7 Å². The molecule has 1 aliphatic carbocycles. The van der Waals surface area contributed by atoms with Gasteiger partial charge in [0.2, 0.25) is 5.88 Å². The van der Waals surface area contributed by atoms with Crippen LogP contribution < -0.4 is 10.1 Å². The molecule has 0 radical (unpaired) electrons. The standard InChI is InChI=1S/C22H29N3O2/c1-14-11-17-7-6-8-19(17)22(25-16(3)23-4)21(14)18-9-10-24-20(12-18)27-15(2)13-26-5/h9-12,15H,6-8,13H2,1-5H3,(H,23,25). The van der Waals surface area contributed by atoms with Crippen molar-refractivity contribution < 1.29 is 9.47 Å². The predicted octanol–water partition coefficient (Wildman–Crippen LogP) is 4.42. The first kappa shape index (κ1) is 19.4. The first-order valence-corrected chi connectivity index (χ1v) is 9.51. The Morgan fingerprint density at radius 2 is 2.15 bits per heavy atom. The van der Waals surface area contributed by atoms with Crippen molar-refractivity contribution in [1.82, 2.24) is 4.98 Å². The zero-order valence-electron chi connectivity index (χ0n) is 16.9. The number of hydrogen-bond donors (Lipinski definition) is 1. The van der Waals surface area contributed by atoms with Crippen LogP contribution in [0.1, 0.15) is 37.0 Å². The maximum absolute atomic E-state index is 5.91. The number of amidine groups is 1. The van der Waals surface area contributed by atoms with Crippen LogP contribution in [0.2, 0.25) is 0 Å². The fourth-order valence-corrected chi connectivity index (χ4v) is 3.74. The van der Waals surface area contributed by atoms with Gasteiger partial charge in [0.15, 0.2) is 0 Å². The molecule has 5 nitrogen and oxygen atoms in total. The van der Waals surface area contributed by atoms with Gasteiger partial charge in [-0.05, 0) is 68.4 Å². The Bertz CT molecular complexity index is 846. The Hall–Kier alpha value is -2.40. The largest absolute Gasteiger partial charge is 0.472 e. The van der Waals surface area contributed by atoms with E-state index in [4.69, 9.17) is 9.47 Å². The summed E-state index contributed by atoms with van der Waals surface area (Å²) in [5, 5.41) is 3.55. The third kappa shape index (κ3) is 4.30. The summed E-state index contributed by atoms with van der Waals surface area (Å²) in [5.41, 5.74) is 7.58. The van der Waals surface area contributed by atoms with Crippen molar-refractivity contribution in [2.45, 2.75) is 46.1 Å². The molecule has 0 amide bonds. The van der Waals surface area contributed by atoms with E-state index in [-0.39, 0.29) is 6.10 Å². The summed E-state index contributed by atoms with van der Waals surface area (Å²) in [6, 6.07) is 6.39. The number of pyridine rings is 1. The minimum absolute atomic E-state index is 0.0501. The summed E-state index contributed by atoms with van der Waals surface area (Å²) in [4.78, 5) is 8.68. The summed E-state index contributed by atoms with van der Waals surface area (Å²) < 4.78 is 11.1. The van der Waals surface area contributed by atoms with Gasteiger partial charge in [-0.2, -0.15) is 0 Å². The number of nitrogens with one attached hydrogen (secondary N) is 1. The summed E-state index contributed by atoms with van der Waals surface area (Å²) in [6.45, 7) is 6.68. The number of aromatic nitrogens is 1. The molecule has 1 aromatic carbocycles. The number of ether oxygens (including phenoxy) is 2. The fraction of sp³-hybridized carbons (Fsp3) is 0.455. The minimum atomic E-state index is -0.0501. The Kier molecular flexibility index (Phi) is 6.11. The third-order valence-corrected chi connectivity index (χ3v) is 4.99. The zero-order chi connectivity index (χ0) is 19.4. The highest BCUT2D eigenvalue weighted by atomic mass is 16.5. The van der Waals surface area contributed by atoms with E-state index in [2.05, 4.69) is 28.3 Å². The number of nitrogens with zero attached hydrogens (tertiary/aromatic N) is 2. The highest BCUT2D eigenvalue weighted by Gasteiger charge is 2.22. The Balaban J connectivity index is 2.06. The number of aryl methyl sites for hydroxylation is 2. The number of benzene rings is 1. The molecule has 1 heterocycles. The van der Waals surface area contributed by atoms with Crippen LogP contribution in [-0.4, -0.2) is 37.7 Å². The lowest BCUT2D eigenvalue weighted by Crippen LogP contribution is -2.18. The highest BCUT2D eigenvalue weighted by Crippen LogP contribution is 2.40. The van der Waals surface area contributed by atoms with Gasteiger partial charge < -0.3 is 14.8 Å². The molecular formula is C22H29N3O2. The van der Waals surface area contributed by atoms with Crippen LogP contribution in [0.5, 0.6) is 5.88 Å². The second-order valence-corrected chi connectivity index (χ2v) is 7.14. The maximum Gasteiger partial charge on any atom is 0.214 e. The molecule has 1 aliphatic rings. The fourth-order valence-electron chi connectivity index (χ4n) is 3.74. The van der Waals surface area contributed by atoms with Crippen LogP contribution in [0.25, 0.3) is 11.1 Å². The molecule has 0 spiro atoms. The van der Waals surface area contributed by atoms with Crippen molar-refractivity contribution in [3.63, 3.8) is 0 Å². The van der Waals surface area contributed by atoms with Gasteiger partial charge in [-0.25, -0.2) is 4.98 Å². The molecule has 0 fully saturated rings. The Morgan fingerprint density at radius 1 is 1.33 bits per heavy atom. The van der Waals surface area contributed by atoms with Gasteiger partial charge in [0, 0.05) is 32.0 Å². The number of rotatable bonds is 6. The Morgan fingerprint density at radius 3 is 2.89 bits per heavy atom. The molecule has 0 saturated heterocycles. The van der Waals surface area contributed by atoms with Gasteiger partial charge in [-0.3, -0.25) is 4.99 Å². The minimum Gasteiger partial charge on any atom is -0.472 e. The van der Waals surface area contributed by atoms with Crippen LogP contribution in [0, 0.1) is 6.92 Å². The van der Waals surface area contributed by atoms with Gasteiger partial charge in [0.1, 0.15) is 6.10 Å². The smallest absolute Gasteiger partial charge is 0.214 e. The number of hydrogen-bond acceptors (Lipinski definition) is 4. The molecule has 0 saturated carbocycles. The number of aliphatic imine (C=N–C) groups is 1. The van der Waals surface area contributed by atoms with Crippen molar-refractivity contribution in [3.8, 4) is 17.0 Å². The van der Waals surface area contributed by atoms with Crippen LogP contribution in [-0.2, 0) is 17.6 Å². The SMILES string of the molecule is CN=C(C)Nc1c2c(cc(C)c1-c1ccnc(OC(C)COC)c1)CCC2. The molecule has 3 rings (SSSR count). The first-order chi connectivity index (χ1) is 13.0. The average Bonchev–Trinajstić information content (AvgIpc) is 3.10. The summed E-state index contributed by atoms with van der Waals surface area (Å²) in [7, 11) is 3.49. The second kappa shape index (κ2) is 8.53. The molecular weight excluding hydrogens is 338 g/mol. The summed E-state index contributed by atoms with van der Waals surface area (Å²) in [6.07, 6.45) is 5.20. The zero-order valence-corrected chi connectivity index (χ0v) is 16.9. The lowest BCUT2D eigenvalue weighted by Gasteiger charge is -2.20. The molecule has 27 heavy (non-hydrogen) atoms. The van der Waals surface area contributed by atoms with Crippen LogP contribution in [0.15, 0.2) is 29.4 Å². The van der Waals surface area contributed by atoms with E-state index in [0.29, 0.717) is 12.5 Å². The van der Waals surface area contributed by atoms with E-state index >= 15 is 0 Å². The molecule has 144 valence electrons. The van der Waals surface area contributed by atoms with Crippen LogP contribution in [0.3, 0.4) is 0 Å². The lowest BCUT2D eigenvalue weighted by atomic mass is 9.93. The second-order valence-electron chi connectivity index (χ2n) is 7.14. The highest BCUT2D eigenvalue weighted by molar-refractivity contribution is 5.99. The molecule has 2 aromatic rings. The van der Waals surface area contributed by atoms with Crippen molar-refractivity contribution in [2.75, 3.05) is 26.1 Å². The van der Waals surface area contributed by atoms with Crippen molar-refractivity contribution in [1.29, 1.82) is 0 Å². The summed E-state index contributed by atoms with van der Waals surface area (Å²) in [5.74, 6) is 1.53. The Labute approximate surface area is 161 Å². The number of methoxy groups -OCH3 is 1. The summed E-state index contributed by atoms with van der Waals surface area (Å²) >= 11 is 0. The normalized spacial score (nSPS) is 14.8. The van der Waals surface area contributed by atoms with Gasteiger partial charge in [0.25, 0.3) is 0 Å². The lowest BCUT2D eigenvalue weighted by molar-refractivity contribution is 0.0890. The predicted molar refractivity (Wildman–Crippen MR) is 111 cm³/mol. The van der Waals surface area contributed by atoms with E-state index in [9.17, 15) is 0 Å². The van der Waals surface area contributed by atoms with E-state index in [0.717, 1.165) is 24.2 Å². The molecule has 1 unspecified atom stereocenters. The van der Waals surface area contributed by atoms with Crippen molar-refractivity contribution in [3.05, 3.63) is 41.1 Å². The van der Waals surface area contributed by atoms with Crippen LogP contribution in [0.4, 0.5) is 5.69 Å². The van der Waals surface area contributed by atoms with Gasteiger partial charge in [-0.15, -0.1) is 0 Å². The molecule has 0 aliphatic heterocycles.